The van der Waals surface area contributed by atoms with Crippen molar-refractivity contribution in [3.05, 3.63) is 147 Å². The summed E-state index contributed by atoms with van der Waals surface area (Å²) in [6.45, 7) is 6.33. The van der Waals surface area contributed by atoms with Gasteiger partial charge in [-0.25, -0.2) is 4.57 Å². The van der Waals surface area contributed by atoms with E-state index < -0.39 is 0 Å². The van der Waals surface area contributed by atoms with Crippen LogP contribution in [0.15, 0.2) is 119 Å². The van der Waals surface area contributed by atoms with Crippen molar-refractivity contribution in [2.75, 3.05) is 0 Å². The third-order valence-corrected chi connectivity index (χ3v) is 11.2. The third kappa shape index (κ3) is 3.62. The van der Waals surface area contributed by atoms with Crippen molar-refractivity contribution in [3.63, 3.8) is 0 Å². The Morgan fingerprint density at radius 2 is 1.02 bits per heavy atom. The lowest BCUT2D eigenvalue weighted by Gasteiger charge is -2.15. The highest BCUT2D eigenvalue weighted by Gasteiger charge is 2.30. The Morgan fingerprint density at radius 1 is 0.490 bits per heavy atom. The molecule has 0 spiro atoms. The van der Waals surface area contributed by atoms with Gasteiger partial charge in [-0.15, -0.1) is 0 Å². The van der Waals surface area contributed by atoms with E-state index in [2.05, 4.69) is 98.8 Å². The summed E-state index contributed by atoms with van der Waals surface area (Å²) in [4.78, 5) is 29.7. The summed E-state index contributed by atoms with van der Waals surface area (Å²) < 4.78 is 1.42. The van der Waals surface area contributed by atoms with E-state index in [0.29, 0.717) is 16.5 Å². The third-order valence-electron chi connectivity index (χ3n) is 11.2. The zero-order valence-electron chi connectivity index (χ0n) is 27.8. The number of aromatic nitrogens is 1. The number of fused-ring (bicyclic) bond motifs is 3. The van der Waals surface area contributed by atoms with E-state index in [-0.39, 0.29) is 11.1 Å². The van der Waals surface area contributed by atoms with E-state index in [0.717, 1.165) is 63.1 Å². The minimum absolute atomic E-state index is 0.249. The molecular weight excluding hydrogens is 599 g/mol. The zero-order valence-corrected chi connectivity index (χ0v) is 27.8. The number of nitrogens with zero attached hydrogens (tertiary/aromatic N) is 1. The lowest BCUT2D eigenvalue weighted by atomic mass is 9.87. The van der Waals surface area contributed by atoms with Crippen LogP contribution >= 0.6 is 0 Å². The summed E-state index contributed by atoms with van der Waals surface area (Å²) in [5.41, 5.74) is 8.06. The van der Waals surface area contributed by atoms with Gasteiger partial charge in [0.25, 0.3) is 11.1 Å². The van der Waals surface area contributed by atoms with Gasteiger partial charge in [-0.2, -0.15) is 0 Å². The van der Waals surface area contributed by atoms with Crippen LogP contribution in [0, 0.1) is 13.8 Å². The first kappa shape index (κ1) is 28.2. The molecule has 1 aromatic heterocycles. The molecule has 0 N–H and O–H groups in total. The van der Waals surface area contributed by atoms with Gasteiger partial charge in [0, 0.05) is 0 Å². The van der Waals surface area contributed by atoms with Gasteiger partial charge in [-0.3, -0.25) is 9.59 Å². The van der Waals surface area contributed by atoms with E-state index >= 15 is 0 Å². The van der Waals surface area contributed by atoms with Gasteiger partial charge in [-0.1, -0.05) is 104 Å². The Labute approximate surface area is 283 Å². The predicted octanol–water partition coefficient (Wildman–Crippen LogP) is 11.2. The molecule has 0 aliphatic carbocycles. The van der Waals surface area contributed by atoms with E-state index in [1.165, 1.54) is 53.6 Å². The maximum absolute atomic E-state index is 14.9. The van der Waals surface area contributed by atoms with Gasteiger partial charge in [0.2, 0.25) is 0 Å². The molecule has 0 aliphatic heterocycles. The quantitative estimate of drug-likeness (QED) is 0.171. The molecule has 1 heterocycles. The van der Waals surface area contributed by atoms with Crippen molar-refractivity contribution in [2.24, 2.45) is 0 Å². The summed E-state index contributed by atoms with van der Waals surface area (Å²) in [5, 5.41) is 12.1. The molecule has 0 amide bonds. The van der Waals surface area contributed by atoms with Gasteiger partial charge in [0.05, 0.1) is 16.5 Å². The Hall–Kier alpha value is -5.80. The largest absolute Gasteiger partial charge is 0.268 e. The molecule has 0 aliphatic rings. The van der Waals surface area contributed by atoms with Gasteiger partial charge < -0.3 is 0 Å². The van der Waals surface area contributed by atoms with Crippen LogP contribution in [-0.2, 0) is 6.42 Å². The van der Waals surface area contributed by atoms with Crippen molar-refractivity contribution in [3.8, 4) is 27.9 Å². The van der Waals surface area contributed by atoms with E-state index in [9.17, 15) is 9.59 Å². The van der Waals surface area contributed by atoms with Crippen LogP contribution in [0.5, 0.6) is 0 Å². The number of rotatable bonds is 6. The van der Waals surface area contributed by atoms with Crippen LogP contribution in [0.3, 0.4) is 0 Å². The minimum Gasteiger partial charge on any atom is -0.268 e. The maximum atomic E-state index is 14.9. The van der Waals surface area contributed by atoms with Crippen LogP contribution in [0.4, 0.5) is 0 Å². The molecule has 0 atom stereocenters. The fourth-order valence-corrected chi connectivity index (χ4v) is 8.91. The monoisotopic (exact) mass is 631 g/mol. The number of hydrogen-bond acceptors (Lipinski definition) is 2. The van der Waals surface area contributed by atoms with Crippen LogP contribution in [0.25, 0.3) is 92.6 Å². The molecule has 10 aromatic rings. The minimum atomic E-state index is -0.251. The van der Waals surface area contributed by atoms with Crippen molar-refractivity contribution in [1.82, 2.24) is 4.57 Å². The second-order valence-corrected chi connectivity index (χ2v) is 13.8. The molecule has 234 valence electrons. The molecule has 0 saturated heterocycles. The molecule has 0 fully saturated rings. The molecule has 0 saturated carbocycles. The van der Waals surface area contributed by atoms with E-state index in [1.54, 1.807) is 0 Å². The van der Waals surface area contributed by atoms with E-state index in [4.69, 9.17) is 0 Å². The molecule has 3 heteroatoms. The number of hydrogen-bond donors (Lipinski definition) is 0. The summed E-state index contributed by atoms with van der Waals surface area (Å²) in [7, 11) is 0. The molecule has 0 bridgehead atoms. The number of aryl methyl sites for hydroxylation is 3. The first-order chi connectivity index (χ1) is 24.0. The number of para-hydroxylation sites is 1. The summed E-state index contributed by atoms with van der Waals surface area (Å²) in [5.74, 6) is 0. The van der Waals surface area contributed by atoms with Crippen LogP contribution < -0.4 is 11.1 Å². The highest BCUT2D eigenvalue weighted by atomic mass is 16.2. The molecule has 0 unspecified atom stereocenters. The summed E-state index contributed by atoms with van der Waals surface area (Å²) >= 11 is 0. The fourth-order valence-electron chi connectivity index (χ4n) is 8.91. The van der Waals surface area contributed by atoms with Crippen LogP contribution in [-0.4, -0.2) is 4.57 Å². The zero-order chi connectivity index (χ0) is 33.1. The van der Waals surface area contributed by atoms with Gasteiger partial charge in [-0.05, 0) is 138 Å². The topological polar surface area (TPSA) is 39.1 Å². The second kappa shape index (κ2) is 10.1. The van der Waals surface area contributed by atoms with Crippen LogP contribution in [0.1, 0.15) is 36.5 Å². The van der Waals surface area contributed by atoms with Gasteiger partial charge in [0.1, 0.15) is 0 Å². The molecule has 3 nitrogen and oxygen atoms in total. The van der Waals surface area contributed by atoms with Crippen molar-refractivity contribution in [1.29, 1.82) is 0 Å². The standard InChI is InChI=1S/C46H33NO2/c1-4-5-14-27-15-8-10-17-30(27)34-24-36-42-40-32(34)22-20-28-19-21-31-33(29-16-9-6-12-25(29)2)23-35(41(42)39(31)38(28)40)43-44(36)46(49)47(45(43)48)37-18-11-7-13-26(37)3/h6-13,15-24H,4-5,14H2,1-3H3. The van der Waals surface area contributed by atoms with Crippen LogP contribution in [0.2, 0.25) is 0 Å². The SMILES string of the molecule is CCCCc1ccccc1-c1cc2c3c(=O)n(-c4ccccc4C)c(=O)c3c3cc(-c4ccccc4C)c4ccc5ccc1c1c5c4c3c21. The first-order valence-corrected chi connectivity index (χ1v) is 17.3. The molecule has 9 aromatic carbocycles. The Morgan fingerprint density at radius 3 is 1.63 bits per heavy atom. The maximum Gasteiger partial charge on any atom is 0.266 e. The molecule has 10 rings (SSSR count). The lowest BCUT2D eigenvalue weighted by molar-refractivity contribution is 0.796. The summed E-state index contributed by atoms with van der Waals surface area (Å²) in [6, 6.07) is 38.3. The highest BCUT2D eigenvalue weighted by molar-refractivity contribution is 6.50. The molecular formula is C46H33NO2. The Bertz CT molecular complexity index is 3040. The normalized spacial score (nSPS) is 12.4. The predicted molar refractivity (Wildman–Crippen MR) is 207 cm³/mol. The van der Waals surface area contributed by atoms with Gasteiger partial charge in [0.15, 0.2) is 0 Å². The smallest absolute Gasteiger partial charge is 0.266 e. The number of benzene rings is 8. The van der Waals surface area contributed by atoms with Crippen molar-refractivity contribution >= 4 is 64.6 Å². The van der Waals surface area contributed by atoms with Crippen molar-refractivity contribution < 1.29 is 0 Å². The molecule has 49 heavy (non-hydrogen) atoms. The Balaban J connectivity index is 1.50. The average Bonchev–Trinajstić information content (AvgIpc) is 3.62. The number of unbranched alkanes of at least 4 members (excludes halogenated alkanes) is 1. The van der Waals surface area contributed by atoms with Gasteiger partial charge >= 0.3 is 0 Å². The highest BCUT2D eigenvalue weighted by Crippen LogP contribution is 2.54. The summed E-state index contributed by atoms with van der Waals surface area (Å²) in [6.07, 6.45) is 3.21. The lowest BCUT2D eigenvalue weighted by Crippen LogP contribution is -2.24. The Kier molecular flexibility index (Phi) is 5.82. The average molecular weight is 632 g/mol. The molecule has 0 radical (unpaired) electrons. The fraction of sp³-hybridized carbons (Fsp3) is 0.130. The second-order valence-electron chi connectivity index (χ2n) is 13.8. The van der Waals surface area contributed by atoms with Crippen molar-refractivity contribution in [2.45, 2.75) is 40.0 Å². The van der Waals surface area contributed by atoms with E-state index in [1.807, 2.05) is 31.2 Å². The first-order valence-electron chi connectivity index (χ1n) is 17.3.